The molecule has 2 rings (SSSR count). The molecule has 1 unspecified atom stereocenters. The second kappa shape index (κ2) is 16.5. The molecule has 0 aliphatic heterocycles. The number of unbranched alkanes of at least 4 members (excludes halogenated alkanes) is 6. The van der Waals surface area contributed by atoms with Crippen molar-refractivity contribution >= 4 is 44.5 Å². The maximum Gasteiger partial charge on any atom is 0.313 e. The van der Waals surface area contributed by atoms with Gasteiger partial charge in [0.15, 0.2) is 0 Å². The van der Waals surface area contributed by atoms with Crippen molar-refractivity contribution in [2.24, 2.45) is 0 Å². The highest BCUT2D eigenvalue weighted by Gasteiger charge is 2.39. The molecule has 2 aromatic heterocycles. The zero-order valence-electron chi connectivity index (χ0n) is 27.0. The van der Waals surface area contributed by atoms with E-state index in [4.69, 9.17) is 8.83 Å². The lowest BCUT2D eigenvalue weighted by molar-refractivity contribution is -0.143. The van der Waals surface area contributed by atoms with Crippen LogP contribution in [0.1, 0.15) is 112 Å². The van der Waals surface area contributed by atoms with Crippen LogP contribution in [0.25, 0.3) is 0 Å². The minimum atomic E-state index is -1.67. The van der Waals surface area contributed by atoms with E-state index in [1.54, 1.807) is 12.5 Å². The highest BCUT2D eigenvalue weighted by molar-refractivity contribution is 6.91. The predicted molar refractivity (Wildman–Crippen MR) is 176 cm³/mol. The van der Waals surface area contributed by atoms with Crippen LogP contribution < -0.4 is 16.1 Å². The fourth-order valence-electron chi connectivity index (χ4n) is 6.38. The lowest BCUT2D eigenvalue weighted by Gasteiger charge is -2.26. The summed E-state index contributed by atoms with van der Waals surface area (Å²) < 4.78 is 11.9. The smallest absolute Gasteiger partial charge is 0.313 e. The summed E-state index contributed by atoms with van der Waals surface area (Å²) in [6.45, 7) is 15.3. The lowest BCUT2D eigenvalue weighted by atomic mass is 9.79. The molecule has 232 valence electrons. The first kappa shape index (κ1) is 35.1. The molecule has 1 atom stereocenters. The van der Waals surface area contributed by atoms with Crippen molar-refractivity contribution in [1.82, 2.24) is 0 Å². The van der Waals surface area contributed by atoms with Gasteiger partial charge in [-0.3, -0.25) is 9.59 Å². The highest BCUT2D eigenvalue weighted by atomic mass is 28.3. The van der Waals surface area contributed by atoms with Gasteiger partial charge in [0, 0.05) is 12.0 Å². The molecule has 1 amide bonds. The van der Waals surface area contributed by atoms with Gasteiger partial charge in [-0.25, -0.2) is 0 Å². The number of hydrogen-bond donors (Lipinski definition) is 2. The third-order valence-corrected chi connectivity index (χ3v) is 21.0. The number of carbonyl (C=O) groups excluding carboxylic acids is 1. The molecule has 0 spiro atoms. The largest absolute Gasteiger partial charge is 0.481 e. The predicted octanol–water partition coefficient (Wildman–Crippen LogP) is 8.80. The van der Waals surface area contributed by atoms with Crippen LogP contribution in [-0.4, -0.2) is 33.1 Å². The van der Waals surface area contributed by atoms with Crippen LogP contribution in [0.3, 0.4) is 0 Å². The van der Waals surface area contributed by atoms with E-state index in [9.17, 15) is 14.7 Å². The zero-order chi connectivity index (χ0) is 30.5. The summed E-state index contributed by atoms with van der Waals surface area (Å²) in [4.78, 5) is 24.8. The fourth-order valence-corrected chi connectivity index (χ4v) is 13.0. The number of rotatable bonds is 21. The highest BCUT2D eigenvalue weighted by Crippen LogP contribution is 2.32. The Morgan fingerprint density at radius 2 is 1.20 bits per heavy atom. The van der Waals surface area contributed by atoms with Crippen molar-refractivity contribution in [3.05, 3.63) is 30.2 Å². The van der Waals surface area contributed by atoms with Crippen LogP contribution >= 0.6 is 0 Å². The number of nitrogens with one attached hydrogen (secondary N) is 1. The zero-order valence-corrected chi connectivity index (χ0v) is 29.0. The van der Waals surface area contributed by atoms with Gasteiger partial charge in [-0.05, 0) is 31.9 Å². The average Bonchev–Trinajstić information content (AvgIpc) is 3.66. The van der Waals surface area contributed by atoms with E-state index in [0.717, 1.165) is 103 Å². The van der Waals surface area contributed by atoms with Crippen molar-refractivity contribution in [2.75, 3.05) is 5.32 Å². The van der Waals surface area contributed by atoms with Crippen molar-refractivity contribution < 1.29 is 23.5 Å². The molecule has 0 saturated heterocycles. The molecule has 0 saturated carbocycles. The van der Waals surface area contributed by atoms with Crippen molar-refractivity contribution in [3.8, 4) is 0 Å². The van der Waals surface area contributed by atoms with Crippen molar-refractivity contribution in [3.63, 3.8) is 0 Å². The molecular weight excluding hydrogens is 547 g/mol. The van der Waals surface area contributed by atoms with Gasteiger partial charge >= 0.3 is 5.97 Å². The Bertz CT molecular complexity index is 1050. The topological polar surface area (TPSA) is 92.7 Å². The quantitative estimate of drug-likeness (QED) is 0.110. The Hall–Kier alpha value is -2.07. The van der Waals surface area contributed by atoms with E-state index < -0.39 is 27.5 Å². The second-order valence-electron chi connectivity index (χ2n) is 12.2. The van der Waals surface area contributed by atoms with E-state index in [-0.39, 0.29) is 5.91 Å². The molecule has 0 bridgehead atoms. The van der Waals surface area contributed by atoms with Crippen LogP contribution in [0.15, 0.2) is 33.5 Å². The molecule has 2 aromatic rings. The standard InChI is InChI=1S/C33H57NO5Si2/c1-8-40(9-2,10-3)30-23-27(25-38-30)33(7,32(36)37)22-20-18-16-14-15-17-19-21-29(35)34-28-24-31(39-26-28)41(11-4,12-5)13-6/h23-26H,8-22H2,1-7H3,(H,34,35)(H,36,37). The molecular formula is C33H57NO5Si2. The Balaban J connectivity index is 1.70. The van der Waals surface area contributed by atoms with Gasteiger partial charge in [-0.15, -0.1) is 0 Å². The van der Waals surface area contributed by atoms with E-state index >= 15 is 0 Å². The first-order valence-corrected chi connectivity index (χ1v) is 21.6. The Labute approximate surface area is 251 Å². The molecule has 0 aliphatic carbocycles. The molecule has 2 heterocycles. The normalized spacial score (nSPS) is 13.7. The van der Waals surface area contributed by atoms with Crippen LogP contribution in [0.5, 0.6) is 0 Å². The fraction of sp³-hybridized carbons (Fsp3) is 0.697. The molecule has 0 aliphatic rings. The summed E-state index contributed by atoms with van der Waals surface area (Å²) in [5.74, 6) is -0.713. The summed E-state index contributed by atoms with van der Waals surface area (Å²) in [6, 6.07) is 10.9. The summed E-state index contributed by atoms with van der Waals surface area (Å²) >= 11 is 0. The van der Waals surface area contributed by atoms with E-state index in [1.165, 1.54) is 0 Å². The van der Waals surface area contributed by atoms with Crippen molar-refractivity contribution in [1.29, 1.82) is 0 Å². The number of carboxylic acid groups (broad SMARTS) is 1. The molecule has 0 aromatic carbocycles. The Kier molecular flexibility index (Phi) is 14.2. The number of hydrogen-bond acceptors (Lipinski definition) is 4. The first-order valence-electron chi connectivity index (χ1n) is 16.3. The Morgan fingerprint density at radius 1 is 0.732 bits per heavy atom. The lowest BCUT2D eigenvalue weighted by Crippen LogP contribution is -2.45. The minimum absolute atomic E-state index is 0.0567. The maximum absolute atomic E-state index is 12.4. The second-order valence-corrected chi connectivity index (χ2v) is 22.6. The Morgan fingerprint density at radius 3 is 1.71 bits per heavy atom. The summed E-state index contributed by atoms with van der Waals surface area (Å²) in [5, 5.41) is 15.3. The van der Waals surface area contributed by atoms with Crippen LogP contribution in [0.2, 0.25) is 36.3 Å². The summed E-state index contributed by atoms with van der Waals surface area (Å²) in [5.41, 5.74) is 0.701. The van der Waals surface area contributed by atoms with Crippen LogP contribution in [0, 0.1) is 0 Å². The van der Waals surface area contributed by atoms with E-state index in [0.29, 0.717) is 12.8 Å². The van der Waals surface area contributed by atoms with Gasteiger partial charge < -0.3 is 19.3 Å². The van der Waals surface area contributed by atoms with Crippen LogP contribution in [-0.2, 0) is 15.0 Å². The molecule has 2 N–H and O–H groups in total. The minimum Gasteiger partial charge on any atom is -0.481 e. The van der Waals surface area contributed by atoms with Gasteiger partial charge in [-0.2, -0.15) is 0 Å². The number of carboxylic acids is 1. The van der Waals surface area contributed by atoms with Gasteiger partial charge in [0.1, 0.15) is 22.4 Å². The SMILES string of the molecule is CC[Si](CC)(CC)c1cc(NC(=O)CCCCCCCCCC(C)(C(=O)O)c2coc([Si](CC)(CC)CC)c2)co1. The molecule has 0 fully saturated rings. The van der Waals surface area contributed by atoms with Crippen LogP contribution in [0.4, 0.5) is 5.69 Å². The third-order valence-electron chi connectivity index (χ3n) is 10.3. The first-order chi connectivity index (χ1) is 19.6. The molecule has 41 heavy (non-hydrogen) atoms. The third kappa shape index (κ3) is 8.72. The monoisotopic (exact) mass is 603 g/mol. The summed E-state index contributed by atoms with van der Waals surface area (Å²) in [6.07, 6.45) is 11.7. The summed E-state index contributed by atoms with van der Waals surface area (Å²) in [7, 11) is -3.24. The van der Waals surface area contributed by atoms with E-state index in [1.807, 2.05) is 6.92 Å². The molecule has 6 nitrogen and oxygen atoms in total. The van der Waals surface area contributed by atoms with Gasteiger partial charge in [0.2, 0.25) is 5.91 Å². The van der Waals surface area contributed by atoms with Gasteiger partial charge in [-0.1, -0.05) is 116 Å². The number of furan rings is 2. The van der Waals surface area contributed by atoms with Crippen molar-refractivity contribution in [2.45, 2.75) is 148 Å². The number of aliphatic carboxylic acids is 1. The number of amides is 1. The number of carbonyl (C=O) groups is 2. The van der Waals surface area contributed by atoms with Gasteiger partial charge in [0.25, 0.3) is 0 Å². The van der Waals surface area contributed by atoms with E-state index in [2.05, 4.69) is 59.0 Å². The molecule has 0 radical (unpaired) electrons. The van der Waals surface area contributed by atoms with Gasteiger partial charge in [0.05, 0.1) is 28.1 Å². The average molecular weight is 604 g/mol. The maximum atomic E-state index is 12.4. The molecule has 8 heteroatoms. The number of anilines is 1.